The smallest absolute Gasteiger partial charge is 0.270 e. The van der Waals surface area contributed by atoms with Gasteiger partial charge < -0.3 is 19.4 Å². The van der Waals surface area contributed by atoms with Gasteiger partial charge in [-0.2, -0.15) is 0 Å². The summed E-state index contributed by atoms with van der Waals surface area (Å²) in [5.41, 5.74) is 0.611. The summed E-state index contributed by atoms with van der Waals surface area (Å²) in [4.78, 5) is 17.6. The number of H-pyrrole nitrogens is 1. The lowest BCUT2D eigenvalue weighted by molar-refractivity contribution is 0.0553. The van der Waals surface area contributed by atoms with Crippen molar-refractivity contribution in [2.24, 2.45) is 0 Å². The fourth-order valence-corrected chi connectivity index (χ4v) is 3.16. The minimum atomic E-state index is -0.669. The summed E-state index contributed by atoms with van der Waals surface area (Å²) < 4.78 is 5.28. The highest BCUT2D eigenvalue weighted by Gasteiger charge is 2.29. The van der Waals surface area contributed by atoms with E-state index >= 15 is 0 Å². The number of hydrogen-bond donors (Lipinski definition) is 2. The van der Waals surface area contributed by atoms with Gasteiger partial charge in [0.05, 0.1) is 6.26 Å². The molecule has 0 spiro atoms. The van der Waals surface area contributed by atoms with E-state index in [1.54, 1.807) is 30.7 Å². The Labute approximate surface area is 129 Å². The van der Waals surface area contributed by atoms with Crippen molar-refractivity contribution in [1.29, 1.82) is 0 Å². The molecular weight excluding hydrogens is 280 g/mol. The lowest BCUT2D eigenvalue weighted by Gasteiger charge is -2.31. The molecule has 5 heteroatoms. The zero-order valence-electron chi connectivity index (χ0n) is 12.6. The number of carbonyl (C=O) groups is 1. The average Bonchev–Trinajstić information content (AvgIpc) is 3.18. The van der Waals surface area contributed by atoms with Crippen LogP contribution in [0.2, 0.25) is 0 Å². The number of likely N-dealkylation sites (tertiary alicyclic amines) is 1. The van der Waals surface area contributed by atoms with Crippen LogP contribution in [0.3, 0.4) is 0 Å². The summed E-state index contributed by atoms with van der Waals surface area (Å²) >= 11 is 0. The molecule has 118 valence electrons. The van der Waals surface area contributed by atoms with E-state index < -0.39 is 6.10 Å². The van der Waals surface area contributed by atoms with E-state index in [0.717, 1.165) is 32.2 Å². The van der Waals surface area contributed by atoms with Gasteiger partial charge in [0.1, 0.15) is 17.6 Å². The summed E-state index contributed by atoms with van der Waals surface area (Å²) in [5, 5.41) is 10.3. The number of carbonyl (C=O) groups excluding carboxylic acids is 1. The van der Waals surface area contributed by atoms with Gasteiger partial charge in [0, 0.05) is 25.2 Å². The highest BCUT2D eigenvalue weighted by atomic mass is 16.4. The number of aliphatic hydroxyl groups excluding tert-OH is 1. The second-order valence-corrected chi connectivity index (χ2v) is 5.85. The molecule has 0 aliphatic carbocycles. The maximum Gasteiger partial charge on any atom is 0.270 e. The Morgan fingerprint density at radius 2 is 2.27 bits per heavy atom. The van der Waals surface area contributed by atoms with Gasteiger partial charge in [-0.1, -0.05) is 12.8 Å². The quantitative estimate of drug-likeness (QED) is 0.911. The van der Waals surface area contributed by atoms with Crippen LogP contribution >= 0.6 is 0 Å². The van der Waals surface area contributed by atoms with Gasteiger partial charge in [0.25, 0.3) is 5.91 Å². The zero-order valence-corrected chi connectivity index (χ0v) is 12.6. The molecule has 1 fully saturated rings. The van der Waals surface area contributed by atoms with Crippen LogP contribution in [0.1, 0.15) is 54.5 Å². The van der Waals surface area contributed by atoms with Crippen molar-refractivity contribution in [3.05, 3.63) is 48.2 Å². The van der Waals surface area contributed by atoms with Gasteiger partial charge in [-0.3, -0.25) is 4.79 Å². The highest BCUT2D eigenvalue weighted by Crippen LogP contribution is 2.27. The molecule has 1 aliphatic rings. The summed E-state index contributed by atoms with van der Waals surface area (Å²) in [6.45, 7) is 0.743. The van der Waals surface area contributed by atoms with E-state index in [-0.39, 0.29) is 11.9 Å². The van der Waals surface area contributed by atoms with E-state index in [4.69, 9.17) is 4.42 Å². The Morgan fingerprint density at radius 3 is 3.00 bits per heavy atom. The Balaban J connectivity index is 1.74. The lowest BCUT2D eigenvalue weighted by atomic mass is 10.0. The van der Waals surface area contributed by atoms with Crippen molar-refractivity contribution in [2.45, 2.75) is 44.2 Å². The number of nitrogens with zero attached hydrogens (tertiary/aromatic N) is 1. The first-order valence-electron chi connectivity index (χ1n) is 7.91. The Morgan fingerprint density at radius 1 is 1.36 bits per heavy atom. The van der Waals surface area contributed by atoms with Crippen molar-refractivity contribution < 1.29 is 14.3 Å². The number of amides is 1. The van der Waals surface area contributed by atoms with E-state index in [1.807, 2.05) is 11.0 Å². The number of aromatic amines is 1. The third-order valence-electron chi connectivity index (χ3n) is 4.33. The minimum Gasteiger partial charge on any atom is -0.467 e. The predicted octanol–water partition coefficient (Wildman–Crippen LogP) is 3.12. The van der Waals surface area contributed by atoms with Crippen LogP contribution in [0.25, 0.3) is 0 Å². The van der Waals surface area contributed by atoms with Gasteiger partial charge in [0.2, 0.25) is 0 Å². The maximum atomic E-state index is 12.7. The SMILES string of the molecule is O=C(c1ccc[nH]1)N1CCCCCC1CC(O)c1ccco1. The van der Waals surface area contributed by atoms with Gasteiger partial charge in [-0.25, -0.2) is 0 Å². The van der Waals surface area contributed by atoms with Crippen molar-refractivity contribution >= 4 is 5.91 Å². The van der Waals surface area contributed by atoms with E-state index in [0.29, 0.717) is 17.9 Å². The molecule has 1 amide bonds. The molecule has 2 unspecified atom stereocenters. The van der Waals surface area contributed by atoms with Crippen LogP contribution in [0.15, 0.2) is 41.1 Å². The third kappa shape index (κ3) is 3.25. The van der Waals surface area contributed by atoms with Crippen LogP contribution in [-0.4, -0.2) is 33.5 Å². The molecule has 1 saturated heterocycles. The zero-order chi connectivity index (χ0) is 15.4. The van der Waals surface area contributed by atoms with E-state index in [2.05, 4.69) is 4.98 Å². The molecular formula is C17H22N2O3. The summed E-state index contributed by atoms with van der Waals surface area (Å²) in [5.74, 6) is 0.583. The van der Waals surface area contributed by atoms with Crippen molar-refractivity contribution in [1.82, 2.24) is 9.88 Å². The molecule has 2 aromatic rings. The molecule has 3 heterocycles. The predicted molar refractivity (Wildman–Crippen MR) is 82.4 cm³/mol. The fraction of sp³-hybridized carbons (Fsp3) is 0.471. The molecule has 22 heavy (non-hydrogen) atoms. The molecule has 0 bridgehead atoms. The number of aromatic nitrogens is 1. The molecule has 0 aromatic carbocycles. The van der Waals surface area contributed by atoms with Crippen LogP contribution in [0, 0.1) is 0 Å². The Kier molecular flexibility index (Phi) is 4.63. The monoisotopic (exact) mass is 302 g/mol. The fourth-order valence-electron chi connectivity index (χ4n) is 3.16. The maximum absolute atomic E-state index is 12.7. The number of furan rings is 1. The van der Waals surface area contributed by atoms with Crippen LogP contribution in [0.5, 0.6) is 0 Å². The molecule has 2 aromatic heterocycles. The molecule has 0 saturated carbocycles. The third-order valence-corrected chi connectivity index (χ3v) is 4.33. The van der Waals surface area contributed by atoms with Crippen LogP contribution in [0.4, 0.5) is 0 Å². The lowest BCUT2D eigenvalue weighted by Crippen LogP contribution is -2.41. The Hall–Kier alpha value is -2.01. The van der Waals surface area contributed by atoms with Crippen LogP contribution in [-0.2, 0) is 0 Å². The number of nitrogens with one attached hydrogen (secondary N) is 1. The first kappa shape index (κ1) is 14.9. The van der Waals surface area contributed by atoms with Gasteiger partial charge >= 0.3 is 0 Å². The van der Waals surface area contributed by atoms with Gasteiger partial charge in [-0.15, -0.1) is 0 Å². The molecule has 2 N–H and O–H groups in total. The first-order chi connectivity index (χ1) is 10.8. The standard InChI is InChI=1S/C17H22N2O3/c20-15(16-8-5-11-22-16)12-13-6-2-1-3-10-19(13)17(21)14-7-4-9-18-14/h4-5,7-9,11,13,15,18,20H,1-3,6,10,12H2. The van der Waals surface area contributed by atoms with Crippen molar-refractivity contribution in [2.75, 3.05) is 6.54 Å². The topological polar surface area (TPSA) is 69.5 Å². The highest BCUT2D eigenvalue weighted by molar-refractivity contribution is 5.92. The van der Waals surface area contributed by atoms with E-state index in [9.17, 15) is 9.90 Å². The summed E-state index contributed by atoms with van der Waals surface area (Å²) in [6, 6.07) is 7.22. The summed E-state index contributed by atoms with van der Waals surface area (Å²) in [6.07, 6.45) is 7.32. The normalized spacial score (nSPS) is 20.6. The molecule has 2 atom stereocenters. The largest absolute Gasteiger partial charge is 0.467 e. The average molecular weight is 302 g/mol. The number of rotatable bonds is 4. The summed E-state index contributed by atoms with van der Waals surface area (Å²) in [7, 11) is 0. The minimum absolute atomic E-state index is 0.0172. The number of hydrogen-bond acceptors (Lipinski definition) is 3. The Bertz CT molecular complexity index is 577. The second kappa shape index (κ2) is 6.83. The van der Waals surface area contributed by atoms with Gasteiger partial charge in [-0.05, 0) is 37.1 Å². The van der Waals surface area contributed by atoms with Gasteiger partial charge in [0.15, 0.2) is 0 Å². The molecule has 0 radical (unpaired) electrons. The van der Waals surface area contributed by atoms with Crippen LogP contribution < -0.4 is 0 Å². The first-order valence-corrected chi connectivity index (χ1v) is 7.91. The second-order valence-electron chi connectivity index (χ2n) is 5.85. The molecule has 3 rings (SSSR count). The molecule has 5 nitrogen and oxygen atoms in total. The van der Waals surface area contributed by atoms with Crippen molar-refractivity contribution in [3.63, 3.8) is 0 Å². The van der Waals surface area contributed by atoms with Crippen molar-refractivity contribution in [3.8, 4) is 0 Å². The molecule has 1 aliphatic heterocycles. The number of aliphatic hydroxyl groups is 1. The van der Waals surface area contributed by atoms with E-state index in [1.165, 1.54) is 0 Å².